The van der Waals surface area contributed by atoms with Crippen molar-refractivity contribution in [1.29, 1.82) is 0 Å². The Morgan fingerprint density at radius 3 is 2.56 bits per heavy atom. The standard InChI is InChI=1S/C18H19N3O6/c1-12-6-4-5-7-13(12)9-19(2)16(22)11-20-10-14(21(25)26)8-15(17(20)23)18(24)27-3/h4-8,10H,9,11H2,1-3H3. The Morgan fingerprint density at radius 2 is 1.96 bits per heavy atom. The smallest absolute Gasteiger partial charge is 0.343 e. The number of methoxy groups -OCH3 is 1. The Bertz CT molecular complexity index is 950. The third-order valence-corrected chi connectivity index (χ3v) is 4.09. The summed E-state index contributed by atoms with van der Waals surface area (Å²) in [6.45, 7) is 1.80. The number of hydrogen-bond donors (Lipinski definition) is 0. The second-order valence-corrected chi connectivity index (χ2v) is 5.97. The van der Waals surface area contributed by atoms with Gasteiger partial charge in [0.25, 0.3) is 11.2 Å². The molecule has 0 saturated carbocycles. The van der Waals surface area contributed by atoms with Crippen molar-refractivity contribution in [3.8, 4) is 0 Å². The lowest BCUT2D eigenvalue weighted by molar-refractivity contribution is -0.385. The molecule has 1 aromatic heterocycles. The summed E-state index contributed by atoms with van der Waals surface area (Å²) in [6.07, 6.45) is 0.939. The summed E-state index contributed by atoms with van der Waals surface area (Å²) in [6, 6.07) is 8.38. The van der Waals surface area contributed by atoms with Gasteiger partial charge in [0, 0.05) is 19.7 Å². The van der Waals surface area contributed by atoms with Crippen LogP contribution in [0.15, 0.2) is 41.3 Å². The van der Waals surface area contributed by atoms with E-state index >= 15 is 0 Å². The molecule has 0 bridgehead atoms. The molecule has 0 N–H and O–H groups in total. The maximum absolute atomic E-state index is 12.5. The number of nitro groups is 1. The third kappa shape index (κ3) is 4.57. The van der Waals surface area contributed by atoms with E-state index in [0.717, 1.165) is 35.1 Å². The van der Waals surface area contributed by atoms with E-state index in [1.165, 1.54) is 4.90 Å². The van der Waals surface area contributed by atoms with E-state index in [4.69, 9.17) is 0 Å². The van der Waals surface area contributed by atoms with Gasteiger partial charge in [0.1, 0.15) is 12.1 Å². The highest BCUT2D eigenvalue weighted by Crippen LogP contribution is 2.13. The van der Waals surface area contributed by atoms with Crippen LogP contribution in [0.25, 0.3) is 0 Å². The van der Waals surface area contributed by atoms with Crippen LogP contribution in [0.1, 0.15) is 21.5 Å². The normalized spacial score (nSPS) is 10.3. The third-order valence-electron chi connectivity index (χ3n) is 4.09. The summed E-state index contributed by atoms with van der Waals surface area (Å²) in [5.74, 6) is -1.44. The number of carbonyl (C=O) groups is 2. The van der Waals surface area contributed by atoms with Gasteiger partial charge in [0.2, 0.25) is 5.91 Å². The lowest BCUT2D eigenvalue weighted by Gasteiger charge is -2.19. The highest BCUT2D eigenvalue weighted by Gasteiger charge is 2.21. The van der Waals surface area contributed by atoms with Crippen LogP contribution in [0.5, 0.6) is 0 Å². The topological polar surface area (TPSA) is 112 Å². The Hall–Kier alpha value is -3.49. The Labute approximate surface area is 154 Å². The minimum absolute atomic E-state index is 0.318. The van der Waals surface area contributed by atoms with Gasteiger partial charge in [0.15, 0.2) is 0 Å². The number of aromatic nitrogens is 1. The summed E-state index contributed by atoms with van der Waals surface area (Å²) < 4.78 is 5.33. The first-order chi connectivity index (χ1) is 12.7. The molecule has 0 fully saturated rings. The molecule has 0 unspecified atom stereocenters. The van der Waals surface area contributed by atoms with Crippen LogP contribution in [0.4, 0.5) is 5.69 Å². The SMILES string of the molecule is COC(=O)c1cc([N+](=O)[O-])cn(CC(=O)N(C)Cc2ccccc2C)c1=O. The molecular weight excluding hydrogens is 354 g/mol. The molecule has 142 valence electrons. The first-order valence-electron chi connectivity index (χ1n) is 8.00. The number of ether oxygens (including phenoxy) is 1. The van der Waals surface area contributed by atoms with E-state index in [-0.39, 0.29) is 0 Å². The van der Waals surface area contributed by atoms with Gasteiger partial charge < -0.3 is 9.64 Å². The van der Waals surface area contributed by atoms with Crippen molar-refractivity contribution in [1.82, 2.24) is 9.47 Å². The molecule has 2 aromatic rings. The van der Waals surface area contributed by atoms with E-state index in [1.54, 1.807) is 7.05 Å². The molecule has 0 saturated heterocycles. The molecule has 27 heavy (non-hydrogen) atoms. The lowest BCUT2D eigenvalue weighted by Crippen LogP contribution is -2.35. The number of benzene rings is 1. The van der Waals surface area contributed by atoms with Gasteiger partial charge in [-0.15, -0.1) is 0 Å². The van der Waals surface area contributed by atoms with Crippen LogP contribution >= 0.6 is 0 Å². The lowest BCUT2D eigenvalue weighted by atomic mass is 10.1. The number of esters is 1. The molecule has 1 heterocycles. The number of nitrogens with zero attached hydrogens (tertiary/aromatic N) is 3. The number of rotatable bonds is 6. The molecule has 9 nitrogen and oxygen atoms in total. The predicted octanol–water partition coefficient (Wildman–Crippen LogP) is 1.51. The summed E-state index contributed by atoms with van der Waals surface area (Å²) in [4.78, 5) is 48.3. The van der Waals surface area contributed by atoms with Crippen molar-refractivity contribution in [3.63, 3.8) is 0 Å². The fourth-order valence-corrected chi connectivity index (χ4v) is 2.49. The Kier molecular flexibility index (Phi) is 6.07. The minimum Gasteiger partial charge on any atom is -0.465 e. The second-order valence-electron chi connectivity index (χ2n) is 5.97. The molecule has 1 aromatic carbocycles. The molecule has 2 rings (SSSR count). The van der Waals surface area contributed by atoms with E-state index in [1.807, 2.05) is 31.2 Å². The molecule has 0 aliphatic carbocycles. The molecule has 0 radical (unpaired) electrons. The van der Waals surface area contributed by atoms with Crippen LogP contribution < -0.4 is 5.56 Å². The molecular formula is C18H19N3O6. The molecule has 9 heteroatoms. The van der Waals surface area contributed by atoms with Crippen molar-refractivity contribution >= 4 is 17.6 Å². The van der Waals surface area contributed by atoms with Crippen LogP contribution in [0.2, 0.25) is 0 Å². The molecule has 1 amide bonds. The minimum atomic E-state index is -1.00. The summed E-state index contributed by atoms with van der Waals surface area (Å²) in [5, 5.41) is 11.1. The fraction of sp³-hybridized carbons (Fsp3) is 0.278. The van der Waals surface area contributed by atoms with Crippen molar-refractivity contribution in [2.45, 2.75) is 20.0 Å². The van der Waals surface area contributed by atoms with E-state index in [9.17, 15) is 24.5 Å². The van der Waals surface area contributed by atoms with Gasteiger partial charge in [-0.05, 0) is 18.1 Å². The highest BCUT2D eigenvalue weighted by atomic mass is 16.6. The average Bonchev–Trinajstić information content (AvgIpc) is 2.64. The molecule has 0 aliphatic rings. The van der Waals surface area contributed by atoms with Gasteiger partial charge in [-0.2, -0.15) is 0 Å². The van der Waals surface area contributed by atoms with E-state index in [2.05, 4.69) is 4.74 Å². The van der Waals surface area contributed by atoms with Gasteiger partial charge in [-0.25, -0.2) is 4.79 Å². The molecule has 0 aliphatic heterocycles. The quantitative estimate of drug-likeness (QED) is 0.431. The van der Waals surface area contributed by atoms with Gasteiger partial charge in [-0.1, -0.05) is 24.3 Å². The van der Waals surface area contributed by atoms with Crippen LogP contribution in [-0.2, 0) is 22.6 Å². The molecule has 0 atom stereocenters. The largest absolute Gasteiger partial charge is 0.465 e. The zero-order valence-corrected chi connectivity index (χ0v) is 15.2. The van der Waals surface area contributed by atoms with E-state index < -0.39 is 40.2 Å². The maximum Gasteiger partial charge on any atom is 0.343 e. The second kappa shape index (κ2) is 8.26. The van der Waals surface area contributed by atoms with E-state index in [0.29, 0.717) is 6.54 Å². The van der Waals surface area contributed by atoms with Crippen molar-refractivity contribution in [3.05, 3.63) is 73.7 Å². The zero-order valence-electron chi connectivity index (χ0n) is 15.2. The number of likely N-dealkylation sites (N-methyl/N-ethyl adjacent to an activating group) is 1. The monoisotopic (exact) mass is 373 g/mol. The highest BCUT2D eigenvalue weighted by molar-refractivity contribution is 5.89. The first-order valence-corrected chi connectivity index (χ1v) is 8.00. The van der Waals surface area contributed by atoms with Gasteiger partial charge >= 0.3 is 5.97 Å². The average molecular weight is 373 g/mol. The number of amides is 1. The number of aryl methyl sites for hydroxylation is 1. The Morgan fingerprint density at radius 1 is 1.30 bits per heavy atom. The fourth-order valence-electron chi connectivity index (χ4n) is 2.49. The van der Waals surface area contributed by atoms with Crippen LogP contribution in [-0.4, -0.2) is 40.4 Å². The molecule has 0 spiro atoms. The zero-order chi connectivity index (χ0) is 20.1. The van der Waals surface area contributed by atoms with Gasteiger partial charge in [0.05, 0.1) is 18.2 Å². The van der Waals surface area contributed by atoms with Crippen molar-refractivity contribution in [2.75, 3.05) is 14.2 Å². The number of pyridine rings is 1. The predicted molar refractivity (Wildman–Crippen MR) is 96.3 cm³/mol. The first kappa shape index (κ1) is 19.8. The summed E-state index contributed by atoms with van der Waals surface area (Å²) in [5.41, 5.74) is 0.142. The number of carbonyl (C=O) groups excluding carboxylic acids is 2. The maximum atomic E-state index is 12.5. The van der Waals surface area contributed by atoms with Crippen molar-refractivity contribution < 1.29 is 19.2 Å². The van der Waals surface area contributed by atoms with Crippen LogP contribution in [0, 0.1) is 17.0 Å². The van der Waals surface area contributed by atoms with Gasteiger partial charge in [-0.3, -0.25) is 24.3 Å². The summed E-state index contributed by atoms with van der Waals surface area (Å²) in [7, 11) is 2.63. The summed E-state index contributed by atoms with van der Waals surface area (Å²) >= 11 is 0. The number of hydrogen-bond acceptors (Lipinski definition) is 6. The van der Waals surface area contributed by atoms with Crippen LogP contribution in [0.3, 0.4) is 0 Å². The Balaban J connectivity index is 2.30. The van der Waals surface area contributed by atoms with Crippen molar-refractivity contribution in [2.24, 2.45) is 0 Å².